The molecule has 3 aromatic rings. The summed E-state index contributed by atoms with van der Waals surface area (Å²) in [5.41, 5.74) is 1.69. The lowest BCUT2D eigenvalue weighted by molar-refractivity contribution is 0.258. The second-order valence-corrected chi connectivity index (χ2v) is 5.61. The molecule has 5 heteroatoms. The van der Waals surface area contributed by atoms with Gasteiger partial charge in [0.2, 0.25) is 0 Å². The molecule has 0 saturated heterocycles. The van der Waals surface area contributed by atoms with Gasteiger partial charge in [-0.15, -0.1) is 11.3 Å². The molecule has 0 aliphatic carbocycles. The van der Waals surface area contributed by atoms with Crippen LogP contribution in [0.5, 0.6) is 11.5 Å². The summed E-state index contributed by atoms with van der Waals surface area (Å²) in [7, 11) is 1.60. The Hall–Kier alpha value is -2.11. The molecular weight excluding hydrogens is 286 g/mol. The number of nitrogens with zero attached hydrogens (tertiary/aromatic N) is 1. The van der Waals surface area contributed by atoms with Crippen molar-refractivity contribution >= 4 is 21.6 Å². The van der Waals surface area contributed by atoms with Crippen LogP contribution in [0.2, 0.25) is 0 Å². The van der Waals surface area contributed by atoms with E-state index in [9.17, 15) is 5.11 Å². The third kappa shape index (κ3) is 2.99. The fourth-order valence-electron chi connectivity index (χ4n) is 2.07. The smallest absolute Gasteiger partial charge is 0.140 e. The van der Waals surface area contributed by atoms with E-state index in [1.165, 1.54) is 0 Å². The Labute approximate surface area is 126 Å². The number of benzene rings is 2. The van der Waals surface area contributed by atoms with Crippen LogP contribution in [0.1, 0.15) is 10.6 Å². The molecule has 1 N–H and O–H groups in total. The molecule has 0 bridgehead atoms. The predicted molar refractivity (Wildman–Crippen MR) is 82.9 cm³/mol. The number of rotatable bonds is 5. The van der Waals surface area contributed by atoms with E-state index >= 15 is 0 Å². The van der Waals surface area contributed by atoms with Gasteiger partial charge in [0, 0.05) is 5.56 Å². The lowest BCUT2D eigenvalue weighted by Gasteiger charge is -2.10. The van der Waals surface area contributed by atoms with Crippen molar-refractivity contribution in [2.24, 2.45) is 0 Å². The number of para-hydroxylation sites is 1. The zero-order valence-electron chi connectivity index (χ0n) is 11.6. The van der Waals surface area contributed by atoms with E-state index in [1.807, 2.05) is 30.3 Å². The predicted octanol–water partition coefficient (Wildman–Crippen LogP) is 3.38. The molecular formula is C16H15NO3S. The first-order valence-corrected chi connectivity index (χ1v) is 7.37. The monoisotopic (exact) mass is 301 g/mol. The summed E-state index contributed by atoms with van der Waals surface area (Å²) in [4.78, 5) is 4.52. The van der Waals surface area contributed by atoms with Gasteiger partial charge in [-0.3, -0.25) is 0 Å². The van der Waals surface area contributed by atoms with E-state index < -0.39 is 0 Å². The largest absolute Gasteiger partial charge is 0.497 e. The molecule has 1 aromatic heterocycles. The SMILES string of the molecule is COc1ccc(OCc2nc3ccccc3s2)c(CO)c1. The van der Waals surface area contributed by atoms with Crippen LogP contribution in [0, 0.1) is 0 Å². The van der Waals surface area contributed by atoms with Crippen LogP contribution in [0.25, 0.3) is 10.2 Å². The summed E-state index contributed by atoms with van der Waals surface area (Å²) in [6.45, 7) is 0.297. The van der Waals surface area contributed by atoms with Gasteiger partial charge in [-0.2, -0.15) is 0 Å². The van der Waals surface area contributed by atoms with Crippen molar-refractivity contribution in [1.29, 1.82) is 0 Å². The van der Waals surface area contributed by atoms with Crippen molar-refractivity contribution in [3.05, 3.63) is 53.0 Å². The average molecular weight is 301 g/mol. The zero-order valence-corrected chi connectivity index (χ0v) is 12.4. The molecule has 1 heterocycles. The van der Waals surface area contributed by atoms with Crippen LogP contribution in [-0.2, 0) is 13.2 Å². The van der Waals surface area contributed by atoms with Gasteiger partial charge in [0.05, 0.1) is 23.9 Å². The van der Waals surface area contributed by atoms with Gasteiger partial charge in [-0.1, -0.05) is 12.1 Å². The number of methoxy groups -OCH3 is 1. The highest BCUT2D eigenvalue weighted by molar-refractivity contribution is 7.18. The number of hydrogen-bond donors (Lipinski definition) is 1. The van der Waals surface area contributed by atoms with Crippen molar-refractivity contribution in [1.82, 2.24) is 4.98 Å². The molecule has 0 saturated carbocycles. The Morgan fingerprint density at radius 3 is 2.81 bits per heavy atom. The van der Waals surface area contributed by atoms with Crippen LogP contribution >= 0.6 is 11.3 Å². The van der Waals surface area contributed by atoms with E-state index in [0.717, 1.165) is 15.2 Å². The lowest BCUT2D eigenvalue weighted by Crippen LogP contribution is -1.99. The molecule has 21 heavy (non-hydrogen) atoms. The topological polar surface area (TPSA) is 51.6 Å². The van der Waals surface area contributed by atoms with Crippen molar-refractivity contribution in [3.63, 3.8) is 0 Å². The lowest BCUT2D eigenvalue weighted by atomic mass is 10.2. The van der Waals surface area contributed by atoms with E-state index in [-0.39, 0.29) is 6.61 Å². The molecule has 0 aliphatic rings. The van der Waals surface area contributed by atoms with Crippen LogP contribution in [0.3, 0.4) is 0 Å². The van der Waals surface area contributed by atoms with Gasteiger partial charge >= 0.3 is 0 Å². The standard InChI is InChI=1S/C16H15NO3S/c1-19-12-6-7-14(11(8-12)9-18)20-10-16-17-13-4-2-3-5-15(13)21-16/h2-8,18H,9-10H2,1H3. The van der Waals surface area contributed by atoms with Crippen molar-refractivity contribution in [2.75, 3.05) is 7.11 Å². The molecule has 3 rings (SSSR count). The van der Waals surface area contributed by atoms with Gasteiger partial charge in [0.1, 0.15) is 23.1 Å². The molecule has 0 spiro atoms. The maximum Gasteiger partial charge on any atom is 0.140 e. The molecule has 0 radical (unpaired) electrons. The number of aliphatic hydroxyl groups excluding tert-OH is 1. The van der Waals surface area contributed by atoms with Gasteiger partial charge in [-0.25, -0.2) is 4.98 Å². The summed E-state index contributed by atoms with van der Waals surface area (Å²) in [5, 5.41) is 10.3. The molecule has 0 amide bonds. The highest BCUT2D eigenvalue weighted by atomic mass is 32.1. The molecule has 0 fully saturated rings. The van der Waals surface area contributed by atoms with Crippen LogP contribution in [-0.4, -0.2) is 17.2 Å². The van der Waals surface area contributed by atoms with E-state index in [1.54, 1.807) is 30.6 Å². The third-order valence-corrected chi connectivity index (χ3v) is 4.14. The Morgan fingerprint density at radius 1 is 1.19 bits per heavy atom. The highest BCUT2D eigenvalue weighted by Crippen LogP contribution is 2.27. The second-order valence-electron chi connectivity index (χ2n) is 4.50. The minimum atomic E-state index is -0.0909. The number of ether oxygens (including phenoxy) is 2. The van der Waals surface area contributed by atoms with Gasteiger partial charge in [0.15, 0.2) is 0 Å². The number of hydrogen-bond acceptors (Lipinski definition) is 5. The first kappa shape index (κ1) is 13.9. The van der Waals surface area contributed by atoms with Crippen molar-refractivity contribution < 1.29 is 14.6 Å². The minimum absolute atomic E-state index is 0.0909. The van der Waals surface area contributed by atoms with E-state index in [2.05, 4.69) is 4.98 Å². The number of aromatic nitrogens is 1. The Balaban J connectivity index is 1.77. The molecule has 2 aromatic carbocycles. The summed E-state index contributed by atoms with van der Waals surface area (Å²) in [5.74, 6) is 1.35. The first-order chi connectivity index (χ1) is 10.3. The van der Waals surface area contributed by atoms with Crippen LogP contribution in [0.4, 0.5) is 0 Å². The van der Waals surface area contributed by atoms with Crippen molar-refractivity contribution in [2.45, 2.75) is 13.2 Å². The number of fused-ring (bicyclic) bond motifs is 1. The second kappa shape index (κ2) is 6.11. The van der Waals surface area contributed by atoms with Crippen molar-refractivity contribution in [3.8, 4) is 11.5 Å². The fourth-order valence-corrected chi connectivity index (χ4v) is 2.95. The number of thiazole rings is 1. The van der Waals surface area contributed by atoms with Crippen LogP contribution in [0.15, 0.2) is 42.5 Å². The summed E-state index contributed by atoms with van der Waals surface area (Å²) >= 11 is 1.61. The number of aliphatic hydroxyl groups is 1. The maximum absolute atomic E-state index is 9.40. The Morgan fingerprint density at radius 2 is 2.05 bits per heavy atom. The van der Waals surface area contributed by atoms with E-state index in [4.69, 9.17) is 9.47 Å². The summed E-state index contributed by atoms with van der Waals surface area (Å²) < 4.78 is 12.1. The van der Waals surface area contributed by atoms with Gasteiger partial charge in [0.25, 0.3) is 0 Å². The average Bonchev–Trinajstić information content (AvgIpc) is 2.95. The minimum Gasteiger partial charge on any atom is -0.497 e. The Kier molecular flexibility index (Phi) is 4.03. The summed E-state index contributed by atoms with van der Waals surface area (Å²) in [6, 6.07) is 13.4. The molecule has 108 valence electrons. The molecule has 0 atom stereocenters. The third-order valence-electron chi connectivity index (χ3n) is 3.13. The zero-order chi connectivity index (χ0) is 14.7. The molecule has 0 aliphatic heterocycles. The first-order valence-electron chi connectivity index (χ1n) is 6.55. The maximum atomic E-state index is 9.40. The summed E-state index contributed by atoms with van der Waals surface area (Å²) in [6.07, 6.45) is 0. The molecule has 4 nitrogen and oxygen atoms in total. The van der Waals surface area contributed by atoms with Gasteiger partial charge in [-0.05, 0) is 30.3 Å². The normalized spacial score (nSPS) is 10.8. The van der Waals surface area contributed by atoms with Crippen LogP contribution < -0.4 is 9.47 Å². The van der Waals surface area contributed by atoms with Gasteiger partial charge < -0.3 is 14.6 Å². The highest BCUT2D eigenvalue weighted by Gasteiger charge is 2.08. The Bertz CT molecular complexity index is 721. The fraction of sp³-hybridized carbons (Fsp3) is 0.188. The quantitative estimate of drug-likeness (QED) is 0.785. The van der Waals surface area contributed by atoms with E-state index in [0.29, 0.717) is 23.7 Å². The molecule has 0 unspecified atom stereocenters.